The fourth-order valence-electron chi connectivity index (χ4n) is 5.17. The molecule has 31 heavy (non-hydrogen) atoms. The number of anilines is 1. The third-order valence-electron chi connectivity index (χ3n) is 6.77. The van der Waals surface area contributed by atoms with E-state index in [2.05, 4.69) is 27.1 Å². The van der Waals surface area contributed by atoms with Crippen molar-refractivity contribution in [2.75, 3.05) is 32.1 Å². The molecule has 5 rings (SSSR count). The number of amides is 1. The Morgan fingerprint density at radius 2 is 2.13 bits per heavy atom. The molecule has 1 amide bonds. The number of ether oxygens (including phenoxy) is 1. The molecule has 4 heterocycles. The van der Waals surface area contributed by atoms with E-state index >= 15 is 0 Å². The zero-order valence-electron chi connectivity index (χ0n) is 17.2. The summed E-state index contributed by atoms with van der Waals surface area (Å²) in [6, 6.07) is 7.41. The Morgan fingerprint density at radius 3 is 2.94 bits per heavy atom. The maximum atomic E-state index is 12.8. The van der Waals surface area contributed by atoms with Crippen LogP contribution in [-0.4, -0.2) is 68.7 Å². The molecule has 0 radical (unpaired) electrons. The molecule has 1 aromatic rings. The molecule has 0 spiro atoms. The van der Waals surface area contributed by atoms with Gasteiger partial charge < -0.3 is 15.4 Å². The second-order valence-electron chi connectivity index (χ2n) is 8.58. The summed E-state index contributed by atoms with van der Waals surface area (Å²) >= 11 is 0. The summed E-state index contributed by atoms with van der Waals surface area (Å²) in [6.07, 6.45) is 1.08. The maximum Gasteiger partial charge on any atom is 0.243 e. The Morgan fingerprint density at radius 1 is 1.29 bits per heavy atom. The molecule has 3 fully saturated rings. The number of fused-ring (bicyclic) bond motifs is 2. The Labute approximate surface area is 181 Å². The molecule has 3 unspecified atom stereocenters. The number of hydrogen-bond donors (Lipinski definition) is 3. The molecular formula is C20H26N6O4S. The van der Waals surface area contributed by atoms with E-state index in [1.807, 2.05) is 6.07 Å². The molecule has 166 valence electrons. The molecule has 0 aromatic heterocycles. The lowest BCUT2D eigenvalue weighted by atomic mass is 9.88. The van der Waals surface area contributed by atoms with Crippen molar-refractivity contribution in [3.63, 3.8) is 0 Å². The monoisotopic (exact) mass is 446 g/mol. The molecule has 0 aliphatic carbocycles. The molecular weight excluding hydrogens is 420 g/mol. The van der Waals surface area contributed by atoms with Crippen LogP contribution in [0.3, 0.4) is 0 Å². The fourth-order valence-corrected chi connectivity index (χ4v) is 6.51. The first-order chi connectivity index (χ1) is 14.9. The second kappa shape index (κ2) is 7.72. The van der Waals surface area contributed by atoms with Crippen molar-refractivity contribution in [1.82, 2.24) is 20.1 Å². The SMILES string of the molecule is CN1Cc2cc(NC3NN([C@H]4COCC[C@@H]4C#N)C4CCNC(=O)C34)ccc2S1(=O)=O. The quantitative estimate of drug-likeness (QED) is 0.583. The van der Waals surface area contributed by atoms with Gasteiger partial charge in [-0.25, -0.2) is 18.9 Å². The summed E-state index contributed by atoms with van der Waals surface area (Å²) in [7, 11) is -1.85. The van der Waals surface area contributed by atoms with Gasteiger partial charge >= 0.3 is 0 Å². The minimum absolute atomic E-state index is 0.0301. The summed E-state index contributed by atoms with van der Waals surface area (Å²) in [6.45, 7) is 1.95. The number of nitrogens with one attached hydrogen (secondary N) is 3. The van der Waals surface area contributed by atoms with Crippen LogP contribution in [0, 0.1) is 23.2 Å². The van der Waals surface area contributed by atoms with Gasteiger partial charge in [0.2, 0.25) is 15.9 Å². The minimum Gasteiger partial charge on any atom is -0.380 e. The van der Waals surface area contributed by atoms with Crippen molar-refractivity contribution in [2.45, 2.75) is 42.5 Å². The fraction of sp³-hybridized carbons (Fsp3) is 0.600. The Bertz CT molecular complexity index is 1040. The van der Waals surface area contributed by atoms with E-state index in [-0.39, 0.29) is 36.0 Å². The number of hydrogen-bond acceptors (Lipinski definition) is 8. The highest BCUT2D eigenvalue weighted by Gasteiger charge is 2.51. The topological polar surface area (TPSA) is 127 Å². The summed E-state index contributed by atoms with van der Waals surface area (Å²) in [5, 5.41) is 18.0. The van der Waals surface area contributed by atoms with Crippen molar-refractivity contribution in [3.05, 3.63) is 23.8 Å². The summed E-state index contributed by atoms with van der Waals surface area (Å²) in [4.78, 5) is 13.1. The van der Waals surface area contributed by atoms with E-state index in [9.17, 15) is 18.5 Å². The van der Waals surface area contributed by atoms with Gasteiger partial charge in [0.15, 0.2) is 0 Å². The average Bonchev–Trinajstić information content (AvgIpc) is 3.23. The van der Waals surface area contributed by atoms with E-state index in [1.165, 1.54) is 4.31 Å². The van der Waals surface area contributed by atoms with Crippen LogP contribution in [0.5, 0.6) is 0 Å². The predicted octanol–water partition coefficient (Wildman–Crippen LogP) is -0.188. The zero-order chi connectivity index (χ0) is 21.8. The van der Waals surface area contributed by atoms with Crippen LogP contribution in [-0.2, 0) is 26.1 Å². The molecule has 5 atom stereocenters. The van der Waals surface area contributed by atoms with Crippen molar-refractivity contribution < 1.29 is 17.9 Å². The van der Waals surface area contributed by atoms with Crippen molar-refractivity contribution in [1.29, 1.82) is 5.26 Å². The standard InChI is InChI=1S/C20H26N6O4S/c1-25-10-13-8-14(2-3-17(13)31(25,28)29)23-19-18-15(4-6-22-20(18)27)26(24-19)16-11-30-7-5-12(16)9-21/h2-3,8,12,15-16,18-19,23-24H,4-7,10-11H2,1H3,(H,22,27)/t12-,15?,16+,18?,19?/m1/s1. The number of sulfonamides is 1. The molecule has 3 N–H and O–H groups in total. The molecule has 3 saturated heterocycles. The average molecular weight is 447 g/mol. The number of carbonyl (C=O) groups is 1. The number of nitrogens with zero attached hydrogens (tertiary/aromatic N) is 3. The molecule has 4 aliphatic heterocycles. The van der Waals surface area contributed by atoms with E-state index < -0.39 is 10.0 Å². The Balaban J connectivity index is 1.41. The Kier molecular flexibility index (Phi) is 5.15. The van der Waals surface area contributed by atoms with E-state index in [1.54, 1.807) is 19.2 Å². The number of benzene rings is 1. The second-order valence-corrected chi connectivity index (χ2v) is 10.6. The van der Waals surface area contributed by atoms with Gasteiger partial charge in [0.1, 0.15) is 6.17 Å². The highest BCUT2D eigenvalue weighted by Crippen LogP contribution is 2.35. The molecule has 1 aromatic carbocycles. The van der Waals surface area contributed by atoms with E-state index in [0.29, 0.717) is 37.6 Å². The van der Waals surface area contributed by atoms with Crippen molar-refractivity contribution in [3.8, 4) is 6.07 Å². The first-order valence-corrected chi connectivity index (χ1v) is 12.0. The van der Waals surface area contributed by atoms with Crippen LogP contribution < -0.4 is 16.1 Å². The van der Waals surface area contributed by atoms with Gasteiger partial charge in [-0.2, -0.15) is 9.57 Å². The molecule has 4 aliphatic rings. The van der Waals surface area contributed by atoms with Crippen LogP contribution in [0.1, 0.15) is 18.4 Å². The molecule has 0 saturated carbocycles. The number of hydrazine groups is 1. The van der Waals surface area contributed by atoms with Crippen LogP contribution in [0.15, 0.2) is 23.1 Å². The van der Waals surface area contributed by atoms with Crippen LogP contribution >= 0.6 is 0 Å². The number of rotatable bonds is 3. The van der Waals surface area contributed by atoms with Crippen molar-refractivity contribution >= 4 is 21.6 Å². The zero-order valence-corrected chi connectivity index (χ0v) is 18.1. The number of carbonyl (C=O) groups excluding carboxylic acids is 1. The summed E-state index contributed by atoms with van der Waals surface area (Å²) in [5.74, 6) is -0.529. The van der Waals surface area contributed by atoms with Crippen LogP contribution in [0.2, 0.25) is 0 Å². The van der Waals surface area contributed by atoms with Gasteiger partial charge in [0, 0.05) is 38.5 Å². The van der Waals surface area contributed by atoms with Crippen LogP contribution in [0.4, 0.5) is 5.69 Å². The van der Waals surface area contributed by atoms with Gasteiger partial charge in [-0.3, -0.25) is 4.79 Å². The summed E-state index contributed by atoms with van der Waals surface area (Å²) in [5.41, 5.74) is 4.92. The number of nitriles is 1. The first kappa shape index (κ1) is 20.7. The van der Waals surface area contributed by atoms with Gasteiger partial charge in [-0.05, 0) is 36.6 Å². The Hall–Kier alpha value is -2.23. The maximum absolute atomic E-state index is 12.8. The molecule has 11 heteroatoms. The van der Waals surface area contributed by atoms with E-state index in [4.69, 9.17) is 4.74 Å². The highest BCUT2D eigenvalue weighted by atomic mass is 32.2. The number of piperidine rings is 1. The van der Waals surface area contributed by atoms with Gasteiger partial charge in [-0.1, -0.05) is 0 Å². The van der Waals surface area contributed by atoms with Gasteiger partial charge in [0.05, 0.1) is 35.4 Å². The van der Waals surface area contributed by atoms with Gasteiger partial charge in [-0.15, -0.1) is 0 Å². The molecule has 10 nitrogen and oxygen atoms in total. The molecule has 0 bridgehead atoms. The van der Waals surface area contributed by atoms with Crippen molar-refractivity contribution in [2.24, 2.45) is 11.8 Å². The predicted molar refractivity (Wildman–Crippen MR) is 111 cm³/mol. The lowest BCUT2D eigenvalue weighted by Crippen LogP contribution is -2.56. The van der Waals surface area contributed by atoms with Crippen LogP contribution in [0.25, 0.3) is 0 Å². The minimum atomic E-state index is -3.42. The highest BCUT2D eigenvalue weighted by molar-refractivity contribution is 7.89. The first-order valence-electron chi connectivity index (χ1n) is 10.6. The normalized spacial score (nSPS) is 35.1. The lowest BCUT2D eigenvalue weighted by molar-refractivity contribution is -0.128. The third-order valence-corrected chi connectivity index (χ3v) is 8.68. The van der Waals surface area contributed by atoms with Gasteiger partial charge in [0.25, 0.3) is 0 Å². The lowest BCUT2D eigenvalue weighted by Gasteiger charge is -2.39. The largest absolute Gasteiger partial charge is 0.380 e. The van der Waals surface area contributed by atoms with E-state index in [0.717, 1.165) is 17.7 Å². The third kappa shape index (κ3) is 3.39. The summed E-state index contributed by atoms with van der Waals surface area (Å²) < 4.78 is 31.7. The smallest absolute Gasteiger partial charge is 0.243 e.